The summed E-state index contributed by atoms with van der Waals surface area (Å²) in [5, 5.41) is 28.2. The van der Waals surface area contributed by atoms with Gasteiger partial charge in [-0.3, -0.25) is 23.3 Å². The van der Waals surface area contributed by atoms with E-state index in [0.717, 1.165) is 24.7 Å². The SMILES string of the molecule is CN1CN(CCCCOP2(=O)O[C@H]3[C@@H]4NC(=O)c5c(cc6c(c5O)OCO6)[C@H]4C[C@H](O)[C@H]3O2)CNC1=S. The van der Waals surface area contributed by atoms with Crippen LogP contribution in [0.15, 0.2) is 6.07 Å². The van der Waals surface area contributed by atoms with Gasteiger partial charge in [0.25, 0.3) is 5.91 Å². The summed E-state index contributed by atoms with van der Waals surface area (Å²) in [7, 11) is -2.03. The first-order chi connectivity index (χ1) is 17.7. The molecule has 1 saturated carbocycles. The minimum atomic E-state index is -3.95. The molecule has 6 rings (SSSR count). The second-order valence-corrected chi connectivity index (χ2v) is 11.8. The van der Waals surface area contributed by atoms with E-state index in [9.17, 15) is 19.6 Å². The van der Waals surface area contributed by atoms with Gasteiger partial charge in [0.15, 0.2) is 16.6 Å². The third-order valence-corrected chi connectivity index (χ3v) is 9.37. The second kappa shape index (κ2) is 9.53. The maximum absolute atomic E-state index is 13.3. The van der Waals surface area contributed by atoms with E-state index in [2.05, 4.69) is 15.5 Å². The molecule has 0 aromatic heterocycles. The Bertz CT molecular complexity index is 1170. The minimum Gasteiger partial charge on any atom is -0.504 e. The first-order valence-electron chi connectivity index (χ1n) is 12.2. The third-order valence-electron chi connectivity index (χ3n) is 7.41. The fourth-order valence-corrected chi connectivity index (χ4v) is 7.38. The number of aliphatic hydroxyl groups is 1. The van der Waals surface area contributed by atoms with Crippen molar-refractivity contribution in [3.8, 4) is 17.2 Å². The summed E-state index contributed by atoms with van der Waals surface area (Å²) in [5.41, 5.74) is 0.587. The molecule has 13 nitrogen and oxygen atoms in total. The first-order valence-corrected chi connectivity index (χ1v) is 14.1. The van der Waals surface area contributed by atoms with Crippen molar-refractivity contribution in [3.63, 3.8) is 0 Å². The van der Waals surface area contributed by atoms with E-state index in [1.54, 1.807) is 6.07 Å². The van der Waals surface area contributed by atoms with Crippen molar-refractivity contribution in [3.05, 3.63) is 17.2 Å². The normalized spacial score (nSPS) is 34.4. The number of nitrogens with one attached hydrogen (secondary N) is 2. The number of unbranched alkanes of at least 4 members (excludes halogenated alkanes) is 1. The number of phenolic OH excluding ortho intramolecular Hbond substituents is 1. The fourth-order valence-electron chi connectivity index (χ4n) is 5.63. The molecular formula is C22H29N4O9PS. The van der Waals surface area contributed by atoms with Gasteiger partial charge < -0.3 is 35.2 Å². The number of ether oxygens (including phenoxy) is 2. The Morgan fingerprint density at radius 3 is 2.89 bits per heavy atom. The lowest BCUT2D eigenvalue weighted by molar-refractivity contribution is -0.0373. The van der Waals surface area contributed by atoms with Gasteiger partial charge in [0.1, 0.15) is 12.2 Å². The maximum Gasteiger partial charge on any atom is 0.475 e. The second-order valence-electron chi connectivity index (χ2n) is 9.83. The Balaban J connectivity index is 1.10. The van der Waals surface area contributed by atoms with E-state index in [4.69, 9.17) is 35.3 Å². The zero-order valence-electron chi connectivity index (χ0n) is 20.1. The fraction of sp³-hybridized carbons (Fsp3) is 0.636. The minimum absolute atomic E-state index is 0.0632. The summed E-state index contributed by atoms with van der Waals surface area (Å²) in [6.45, 7) is 2.30. The predicted octanol–water partition coefficient (Wildman–Crippen LogP) is 0.807. The molecule has 1 aliphatic carbocycles. The lowest BCUT2D eigenvalue weighted by Crippen LogP contribution is -2.60. The molecule has 4 N–H and O–H groups in total. The number of phenols is 1. The van der Waals surface area contributed by atoms with Crippen molar-refractivity contribution in [2.24, 2.45) is 0 Å². The van der Waals surface area contributed by atoms with Crippen LogP contribution in [0.3, 0.4) is 0 Å². The van der Waals surface area contributed by atoms with Gasteiger partial charge in [-0.1, -0.05) is 0 Å². The molecule has 202 valence electrons. The quantitative estimate of drug-likeness (QED) is 0.222. The number of hydrogen-bond donors (Lipinski definition) is 4. The number of phosphoric ester groups is 1. The van der Waals surface area contributed by atoms with Crippen molar-refractivity contribution >= 4 is 31.1 Å². The van der Waals surface area contributed by atoms with Crippen LogP contribution in [-0.4, -0.2) is 95.7 Å². The summed E-state index contributed by atoms with van der Waals surface area (Å²) < 4.78 is 40.9. The zero-order chi connectivity index (χ0) is 25.9. The van der Waals surface area contributed by atoms with Crippen LogP contribution in [0.5, 0.6) is 17.2 Å². The first kappa shape index (κ1) is 25.1. The van der Waals surface area contributed by atoms with Gasteiger partial charge in [0.05, 0.1) is 37.7 Å². The van der Waals surface area contributed by atoms with Crippen molar-refractivity contribution in [2.75, 3.05) is 40.3 Å². The van der Waals surface area contributed by atoms with Crippen LogP contribution in [0, 0.1) is 0 Å². The number of amides is 1. The van der Waals surface area contributed by atoms with E-state index in [1.807, 2.05) is 11.9 Å². The van der Waals surface area contributed by atoms with Crippen molar-refractivity contribution in [1.29, 1.82) is 0 Å². The average molecular weight is 557 g/mol. The van der Waals surface area contributed by atoms with Gasteiger partial charge in [-0.25, -0.2) is 4.57 Å². The van der Waals surface area contributed by atoms with Gasteiger partial charge in [-0.05, 0) is 43.1 Å². The number of rotatable bonds is 6. The van der Waals surface area contributed by atoms with E-state index >= 15 is 0 Å². The van der Waals surface area contributed by atoms with Crippen LogP contribution >= 0.6 is 20.0 Å². The molecule has 4 heterocycles. The van der Waals surface area contributed by atoms with Crippen LogP contribution < -0.4 is 20.1 Å². The smallest absolute Gasteiger partial charge is 0.475 e. The topological polar surface area (TPSA) is 151 Å². The maximum atomic E-state index is 13.3. The van der Waals surface area contributed by atoms with Crippen LogP contribution in [0.25, 0.3) is 0 Å². The molecule has 1 unspecified atom stereocenters. The highest BCUT2D eigenvalue weighted by Gasteiger charge is 2.59. The number of aliphatic hydroxyl groups excluding tert-OH is 1. The molecule has 6 atom stereocenters. The van der Waals surface area contributed by atoms with Gasteiger partial charge in [-0.2, -0.15) is 0 Å². The molecule has 15 heteroatoms. The average Bonchev–Trinajstić information content (AvgIpc) is 3.47. The standard InChI is InChI=1S/C22H29N4O9PS/c1-25-9-26(8-23-22(25)37)4-2-3-5-33-36(30)34-18-13(27)6-12-11-7-14-19(32-10-31-14)17(28)15(11)21(29)24-16(12)20(18)35-36/h7,12-13,16,18,20,27-28H,2-6,8-10H2,1H3,(H,23,37)(H,24,29)/t12-,13+,16-,18-,20+,36?/m1/s1. The summed E-state index contributed by atoms with van der Waals surface area (Å²) in [5.74, 6) is -0.805. The number of aromatic hydroxyl groups is 1. The Morgan fingerprint density at radius 2 is 2.08 bits per heavy atom. The molecule has 1 amide bonds. The molecule has 4 aliphatic heterocycles. The van der Waals surface area contributed by atoms with Crippen LogP contribution in [0.4, 0.5) is 0 Å². The Hall–Kier alpha value is -2.19. The van der Waals surface area contributed by atoms with E-state index in [0.29, 0.717) is 24.4 Å². The van der Waals surface area contributed by atoms with Gasteiger partial charge in [0.2, 0.25) is 12.5 Å². The number of benzene rings is 1. The highest BCUT2D eigenvalue weighted by molar-refractivity contribution is 7.80. The number of fused-ring (bicyclic) bond motifs is 6. The molecule has 3 fully saturated rings. The molecule has 37 heavy (non-hydrogen) atoms. The Labute approximate surface area is 218 Å². The lowest BCUT2D eigenvalue weighted by Gasteiger charge is -2.43. The number of carbonyl (C=O) groups is 1. The van der Waals surface area contributed by atoms with Crippen LogP contribution in [-0.2, 0) is 18.1 Å². The highest BCUT2D eigenvalue weighted by Crippen LogP contribution is 2.62. The number of carbonyl (C=O) groups excluding carboxylic acids is 1. The molecule has 2 saturated heterocycles. The lowest BCUT2D eigenvalue weighted by atomic mass is 9.72. The van der Waals surface area contributed by atoms with E-state index in [1.165, 1.54) is 0 Å². The third kappa shape index (κ3) is 4.44. The van der Waals surface area contributed by atoms with E-state index in [-0.39, 0.29) is 36.9 Å². The number of thiocarbonyl (C=S) groups is 1. The van der Waals surface area contributed by atoms with Gasteiger partial charge in [0, 0.05) is 19.5 Å². The number of hydrogen-bond acceptors (Lipinski definition) is 11. The van der Waals surface area contributed by atoms with E-state index < -0.39 is 44.0 Å². The summed E-state index contributed by atoms with van der Waals surface area (Å²) in [6, 6.07) is 1.01. The molecule has 0 radical (unpaired) electrons. The number of nitrogens with zero attached hydrogens (tertiary/aromatic N) is 2. The van der Waals surface area contributed by atoms with Crippen molar-refractivity contribution in [2.45, 2.75) is 49.5 Å². The molecule has 0 spiro atoms. The largest absolute Gasteiger partial charge is 0.504 e. The van der Waals surface area contributed by atoms with Crippen LogP contribution in [0.1, 0.15) is 41.1 Å². The molecule has 0 bridgehead atoms. The summed E-state index contributed by atoms with van der Waals surface area (Å²) >= 11 is 5.19. The zero-order valence-corrected chi connectivity index (χ0v) is 21.8. The molecular weight excluding hydrogens is 527 g/mol. The molecule has 1 aromatic rings. The highest BCUT2D eigenvalue weighted by atomic mass is 32.1. The summed E-state index contributed by atoms with van der Waals surface area (Å²) in [6.07, 6.45) is -1.20. The summed E-state index contributed by atoms with van der Waals surface area (Å²) in [4.78, 5) is 17.1. The molecule has 5 aliphatic rings. The van der Waals surface area contributed by atoms with Crippen molar-refractivity contribution in [1.82, 2.24) is 20.4 Å². The van der Waals surface area contributed by atoms with Crippen molar-refractivity contribution < 1.29 is 42.6 Å². The Morgan fingerprint density at radius 1 is 1.27 bits per heavy atom. The van der Waals surface area contributed by atoms with Gasteiger partial charge >= 0.3 is 7.82 Å². The monoisotopic (exact) mass is 556 g/mol. The van der Waals surface area contributed by atoms with Gasteiger partial charge in [-0.15, -0.1) is 0 Å². The molecule has 1 aromatic carbocycles. The van der Waals surface area contributed by atoms with Crippen LogP contribution in [0.2, 0.25) is 0 Å². The number of phosphoric acid groups is 1. The predicted molar refractivity (Wildman–Crippen MR) is 131 cm³/mol. The Kier molecular flexibility index (Phi) is 6.46.